The standard InChI is InChI=1S/C17H18BrN3O/c1-3-8-19-17(22)13-5-7-16(20-10-13)21-11-14-9-15(18)6-4-12(14)2/h3-7,9-10H,1,8,11H2,2H3,(H,19,22)(H,20,21). The lowest BCUT2D eigenvalue weighted by molar-refractivity contribution is 0.0957. The molecule has 0 bridgehead atoms. The van der Waals surface area contributed by atoms with Gasteiger partial charge in [0.25, 0.3) is 5.91 Å². The van der Waals surface area contributed by atoms with Gasteiger partial charge in [-0.25, -0.2) is 4.98 Å². The van der Waals surface area contributed by atoms with Gasteiger partial charge in [0.05, 0.1) is 5.56 Å². The highest BCUT2D eigenvalue weighted by Crippen LogP contribution is 2.17. The molecule has 0 unspecified atom stereocenters. The Labute approximate surface area is 138 Å². The number of nitrogens with one attached hydrogen (secondary N) is 2. The summed E-state index contributed by atoms with van der Waals surface area (Å²) in [5.41, 5.74) is 2.95. The topological polar surface area (TPSA) is 54.0 Å². The summed E-state index contributed by atoms with van der Waals surface area (Å²) >= 11 is 3.47. The molecule has 5 heteroatoms. The Hall–Kier alpha value is -2.14. The molecule has 4 nitrogen and oxygen atoms in total. The zero-order valence-electron chi connectivity index (χ0n) is 12.4. The molecule has 1 aromatic heterocycles. The summed E-state index contributed by atoms with van der Waals surface area (Å²) in [7, 11) is 0. The predicted molar refractivity (Wildman–Crippen MR) is 93.0 cm³/mol. The number of pyridine rings is 1. The lowest BCUT2D eigenvalue weighted by Gasteiger charge is -2.09. The second-order valence-corrected chi connectivity index (χ2v) is 5.77. The number of anilines is 1. The van der Waals surface area contributed by atoms with E-state index in [-0.39, 0.29) is 5.91 Å². The average molecular weight is 360 g/mol. The number of hydrogen-bond acceptors (Lipinski definition) is 3. The van der Waals surface area contributed by atoms with Crippen molar-refractivity contribution in [2.45, 2.75) is 13.5 Å². The van der Waals surface area contributed by atoms with Gasteiger partial charge in [-0.3, -0.25) is 4.79 Å². The third kappa shape index (κ3) is 4.43. The number of aromatic nitrogens is 1. The smallest absolute Gasteiger partial charge is 0.253 e. The van der Waals surface area contributed by atoms with Crippen molar-refractivity contribution in [3.8, 4) is 0 Å². The first-order chi connectivity index (χ1) is 10.6. The van der Waals surface area contributed by atoms with Gasteiger partial charge in [0, 0.05) is 23.8 Å². The average Bonchev–Trinajstić information content (AvgIpc) is 2.54. The SMILES string of the molecule is C=CCNC(=O)c1ccc(NCc2cc(Br)ccc2C)nc1. The molecule has 22 heavy (non-hydrogen) atoms. The molecule has 2 N–H and O–H groups in total. The maximum Gasteiger partial charge on any atom is 0.253 e. The summed E-state index contributed by atoms with van der Waals surface area (Å²) in [6.45, 7) is 6.76. The van der Waals surface area contributed by atoms with Crippen molar-refractivity contribution < 1.29 is 4.79 Å². The first-order valence-electron chi connectivity index (χ1n) is 6.94. The Morgan fingerprint density at radius 3 is 2.86 bits per heavy atom. The molecule has 0 fully saturated rings. The van der Waals surface area contributed by atoms with Crippen molar-refractivity contribution in [1.29, 1.82) is 0 Å². The summed E-state index contributed by atoms with van der Waals surface area (Å²) in [6, 6.07) is 9.73. The minimum atomic E-state index is -0.151. The Morgan fingerprint density at radius 2 is 2.18 bits per heavy atom. The van der Waals surface area contributed by atoms with Crippen LogP contribution in [0.1, 0.15) is 21.5 Å². The second-order valence-electron chi connectivity index (χ2n) is 4.86. The van der Waals surface area contributed by atoms with Crippen LogP contribution in [0, 0.1) is 6.92 Å². The fourth-order valence-corrected chi connectivity index (χ4v) is 2.32. The third-order valence-electron chi connectivity index (χ3n) is 3.20. The number of carbonyl (C=O) groups is 1. The zero-order chi connectivity index (χ0) is 15.9. The molecule has 1 amide bonds. The fraction of sp³-hybridized carbons (Fsp3) is 0.176. The van der Waals surface area contributed by atoms with Crippen LogP contribution in [-0.4, -0.2) is 17.4 Å². The molecule has 0 aliphatic carbocycles. The minimum Gasteiger partial charge on any atom is -0.366 e. The minimum absolute atomic E-state index is 0.151. The number of nitrogens with zero attached hydrogens (tertiary/aromatic N) is 1. The van der Waals surface area contributed by atoms with Crippen molar-refractivity contribution in [2.75, 3.05) is 11.9 Å². The van der Waals surface area contributed by atoms with Crippen LogP contribution in [0.3, 0.4) is 0 Å². The monoisotopic (exact) mass is 359 g/mol. The number of amides is 1. The molecule has 2 rings (SSSR count). The highest BCUT2D eigenvalue weighted by atomic mass is 79.9. The van der Waals surface area contributed by atoms with E-state index in [9.17, 15) is 4.79 Å². The fourth-order valence-electron chi connectivity index (χ4n) is 1.92. The van der Waals surface area contributed by atoms with E-state index >= 15 is 0 Å². The van der Waals surface area contributed by atoms with Crippen LogP contribution in [0.5, 0.6) is 0 Å². The van der Waals surface area contributed by atoms with Gasteiger partial charge in [0.15, 0.2) is 0 Å². The molecule has 2 aromatic rings. The molecule has 114 valence electrons. The van der Waals surface area contributed by atoms with Gasteiger partial charge < -0.3 is 10.6 Å². The predicted octanol–water partition coefficient (Wildman–Crippen LogP) is 3.68. The normalized spacial score (nSPS) is 10.1. The molecule has 1 heterocycles. The Balaban J connectivity index is 1.98. The first kappa shape index (κ1) is 16.2. The summed E-state index contributed by atoms with van der Waals surface area (Å²) < 4.78 is 1.05. The molecular formula is C17H18BrN3O. The van der Waals surface area contributed by atoms with E-state index < -0.39 is 0 Å². The Kier molecular flexibility index (Phi) is 5.72. The molecule has 0 aliphatic heterocycles. The largest absolute Gasteiger partial charge is 0.366 e. The van der Waals surface area contributed by atoms with Gasteiger partial charge in [-0.1, -0.05) is 28.1 Å². The van der Waals surface area contributed by atoms with Crippen molar-refractivity contribution in [1.82, 2.24) is 10.3 Å². The van der Waals surface area contributed by atoms with E-state index in [0.717, 1.165) is 10.3 Å². The molecule has 1 aromatic carbocycles. The molecule has 0 saturated carbocycles. The number of benzene rings is 1. The number of hydrogen-bond donors (Lipinski definition) is 2. The van der Waals surface area contributed by atoms with Crippen molar-refractivity contribution in [3.05, 3.63) is 70.3 Å². The van der Waals surface area contributed by atoms with Crippen LogP contribution in [0.15, 0.2) is 53.7 Å². The van der Waals surface area contributed by atoms with E-state index in [1.807, 2.05) is 6.07 Å². The number of rotatable bonds is 6. The lowest BCUT2D eigenvalue weighted by atomic mass is 10.1. The zero-order valence-corrected chi connectivity index (χ0v) is 14.0. The van der Waals surface area contributed by atoms with Gasteiger partial charge >= 0.3 is 0 Å². The molecule has 0 spiro atoms. The van der Waals surface area contributed by atoms with Crippen molar-refractivity contribution >= 4 is 27.7 Å². The van der Waals surface area contributed by atoms with Crippen LogP contribution in [0.4, 0.5) is 5.82 Å². The van der Waals surface area contributed by atoms with E-state index in [1.165, 1.54) is 11.1 Å². The first-order valence-corrected chi connectivity index (χ1v) is 7.73. The highest BCUT2D eigenvalue weighted by molar-refractivity contribution is 9.10. The summed E-state index contributed by atoms with van der Waals surface area (Å²) in [5, 5.41) is 5.98. The Bertz CT molecular complexity index is 668. The van der Waals surface area contributed by atoms with Crippen LogP contribution in [0.25, 0.3) is 0 Å². The third-order valence-corrected chi connectivity index (χ3v) is 3.70. The summed E-state index contributed by atoms with van der Waals surface area (Å²) in [4.78, 5) is 16.0. The van der Waals surface area contributed by atoms with Gasteiger partial charge in [-0.05, 0) is 42.3 Å². The molecule has 0 aliphatic rings. The van der Waals surface area contributed by atoms with Crippen LogP contribution < -0.4 is 10.6 Å². The molecule has 0 radical (unpaired) electrons. The van der Waals surface area contributed by atoms with Crippen molar-refractivity contribution in [3.63, 3.8) is 0 Å². The molecular weight excluding hydrogens is 342 g/mol. The van der Waals surface area contributed by atoms with Gasteiger partial charge in [0.1, 0.15) is 5.82 Å². The van der Waals surface area contributed by atoms with E-state index in [1.54, 1.807) is 24.4 Å². The second kappa shape index (κ2) is 7.75. The van der Waals surface area contributed by atoms with Crippen molar-refractivity contribution in [2.24, 2.45) is 0 Å². The highest BCUT2D eigenvalue weighted by Gasteiger charge is 2.05. The van der Waals surface area contributed by atoms with E-state index in [0.29, 0.717) is 18.7 Å². The van der Waals surface area contributed by atoms with Crippen LogP contribution in [0.2, 0.25) is 0 Å². The van der Waals surface area contributed by atoms with E-state index in [2.05, 4.69) is 57.2 Å². The molecule has 0 atom stereocenters. The van der Waals surface area contributed by atoms with Gasteiger partial charge in [-0.2, -0.15) is 0 Å². The lowest BCUT2D eigenvalue weighted by Crippen LogP contribution is -2.23. The van der Waals surface area contributed by atoms with Gasteiger partial charge in [0.2, 0.25) is 0 Å². The Morgan fingerprint density at radius 1 is 1.36 bits per heavy atom. The number of halogens is 1. The van der Waals surface area contributed by atoms with E-state index in [4.69, 9.17) is 0 Å². The van der Waals surface area contributed by atoms with Gasteiger partial charge in [-0.15, -0.1) is 6.58 Å². The van der Waals surface area contributed by atoms with Crippen LogP contribution >= 0.6 is 15.9 Å². The summed E-state index contributed by atoms with van der Waals surface area (Å²) in [6.07, 6.45) is 3.20. The number of carbonyl (C=O) groups excluding carboxylic acids is 1. The molecule has 0 saturated heterocycles. The quantitative estimate of drug-likeness (QED) is 0.773. The summed E-state index contributed by atoms with van der Waals surface area (Å²) in [5.74, 6) is 0.585. The maximum absolute atomic E-state index is 11.8. The number of aryl methyl sites for hydroxylation is 1. The van der Waals surface area contributed by atoms with Crippen LogP contribution in [-0.2, 0) is 6.54 Å². The maximum atomic E-state index is 11.8.